The lowest BCUT2D eigenvalue weighted by Gasteiger charge is -2.17. The van der Waals surface area contributed by atoms with Crippen molar-refractivity contribution >= 4 is 0 Å². The van der Waals surface area contributed by atoms with E-state index in [9.17, 15) is 0 Å². The van der Waals surface area contributed by atoms with E-state index in [4.69, 9.17) is 0 Å². The second-order valence-corrected chi connectivity index (χ2v) is 5.63. The lowest BCUT2D eigenvalue weighted by Crippen LogP contribution is -2.20. The van der Waals surface area contributed by atoms with E-state index in [1.807, 2.05) is 0 Å². The monoisotopic (exact) mass is 257 g/mol. The predicted octanol–water partition coefficient (Wildman–Crippen LogP) is 4.79. The van der Waals surface area contributed by atoms with Gasteiger partial charge in [0.15, 0.2) is 0 Å². The van der Waals surface area contributed by atoms with Gasteiger partial charge in [-0.1, -0.05) is 42.8 Å². The Labute approximate surface area is 118 Å². The fourth-order valence-electron chi connectivity index (χ4n) is 2.74. The molecule has 1 aromatic rings. The number of rotatable bonds is 6. The fraction of sp³-hybridized carbons (Fsp3) is 0.556. The molecule has 0 aromatic heterocycles. The van der Waals surface area contributed by atoms with Gasteiger partial charge in [-0.3, -0.25) is 0 Å². The predicted molar refractivity (Wildman–Crippen MR) is 83.4 cm³/mol. The summed E-state index contributed by atoms with van der Waals surface area (Å²) in [5, 5.41) is 3.64. The van der Waals surface area contributed by atoms with Crippen LogP contribution in [0.15, 0.2) is 35.9 Å². The van der Waals surface area contributed by atoms with Crippen molar-refractivity contribution in [3.05, 3.63) is 47.0 Å². The Bertz CT molecular complexity index is 402. The van der Waals surface area contributed by atoms with Crippen molar-refractivity contribution in [3.8, 4) is 0 Å². The van der Waals surface area contributed by atoms with Crippen LogP contribution in [0, 0.1) is 0 Å². The van der Waals surface area contributed by atoms with Gasteiger partial charge in [0.1, 0.15) is 0 Å². The van der Waals surface area contributed by atoms with E-state index in [1.54, 1.807) is 5.57 Å². The summed E-state index contributed by atoms with van der Waals surface area (Å²) in [6.45, 7) is 5.56. The number of hydrogen-bond donors (Lipinski definition) is 1. The van der Waals surface area contributed by atoms with Gasteiger partial charge in [0, 0.05) is 6.04 Å². The third-order valence-electron chi connectivity index (χ3n) is 4.17. The summed E-state index contributed by atoms with van der Waals surface area (Å²) in [4.78, 5) is 0. The Morgan fingerprint density at radius 1 is 1.16 bits per heavy atom. The Morgan fingerprint density at radius 3 is 2.58 bits per heavy atom. The molecule has 1 atom stereocenters. The lowest BCUT2D eigenvalue weighted by molar-refractivity contribution is 0.562. The smallest absolute Gasteiger partial charge is 0.0291 e. The van der Waals surface area contributed by atoms with Crippen LogP contribution in [0.3, 0.4) is 0 Å². The van der Waals surface area contributed by atoms with E-state index < -0.39 is 0 Å². The maximum Gasteiger partial charge on any atom is 0.0291 e. The zero-order chi connectivity index (χ0) is 13.5. The van der Waals surface area contributed by atoms with Gasteiger partial charge in [0.25, 0.3) is 0 Å². The Kier molecular flexibility index (Phi) is 5.65. The number of hydrogen-bond acceptors (Lipinski definition) is 1. The van der Waals surface area contributed by atoms with Crippen molar-refractivity contribution in [2.45, 2.75) is 58.4 Å². The SMILES string of the molecule is CCc1ccc(C(C)NCCC2=CCCCC2)cc1. The van der Waals surface area contributed by atoms with Crippen LogP contribution in [-0.4, -0.2) is 6.54 Å². The number of allylic oxidation sites excluding steroid dienone is 1. The molecule has 0 saturated heterocycles. The summed E-state index contributed by atoms with van der Waals surface area (Å²) in [6, 6.07) is 9.47. The van der Waals surface area contributed by atoms with Crippen molar-refractivity contribution in [3.63, 3.8) is 0 Å². The number of aryl methyl sites for hydroxylation is 1. The summed E-state index contributed by atoms with van der Waals surface area (Å²) in [5.41, 5.74) is 4.48. The summed E-state index contributed by atoms with van der Waals surface area (Å²) in [5.74, 6) is 0. The van der Waals surface area contributed by atoms with Crippen molar-refractivity contribution in [2.75, 3.05) is 6.54 Å². The first kappa shape index (κ1) is 14.3. The molecule has 0 spiro atoms. The van der Waals surface area contributed by atoms with E-state index in [0.29, 0.717) is 6.04 Å². The highest BCUT2D eigenvalue weighted by Crippen LogP contribution is 2.20. The average molecular weight is 257 g/mol. The van der Waals surface area contributed by atoms with Gasteiger partial charge in [-0.2, -0.15) is 0 Å². The molecule has 104 valence electrons. The topological polar surface area (TPSA) is 12.0 Å². The molecule has 1 aliphatic rings. The van der Waals surface area contributed by atoms with Crippen LogP contribution in [0.1, 0.15) is 63.1 Å². The highest BCUT2D eigenvalue weighted by Gasteiger charge is 2.06. The van der Waals surface area contributed by atoms with Crippen LogP contribution < -0.4 is 5.32 Å². The van der Waals surface area contributed by atoms with Crippen molar-refractivity contribution in [1.29, 1.82) is 0 Å². The molecule has 0 radical (unpaired) electrons. The summed E-state index contributed by atoms with van der Waals surface area (Å²) >= 11 is 0. The van der Waals surface area contributed by atoms with Crippen LogP contribution >= 0.6 is 0 Å². The molecule has 1 heteroatoms. The lowest BCUT2D eigenvalue weighted by atomic mass is 9.97. The Morgan fingerprint density at radius 2 is 1.95 bits per heavy atom. The zero-order valence-corrected chi connectivity index (χ0v) is 12.4. The van der Waals surface area contributed by atoms with Gasteiger partial charge in [0.2, 0.25) is 0 Å². The third-order valence-corrected chi connectivity index (χ3v) is 4.17. The van der Waals surface area contributed by atoms with E-state index in [2.05, 4.69) is 49.5 Å². The van der Waals surface area contributed by atoms with Crippen LogP contribution in [0.25, 0.3) is 0 Å². The van der Waals surface area contributed by atoms with Crippen LogP contribution in [0.5, 0.6) is 0 Å². The summed E-state index contributed by atoms with van der Waals surface area (Å²) in [6.07, 6.45) is 10.2. The molecular formula is C18H27N. The molecule has 1 N–H and O–H groups in total. The number of nitrogens with one attached hydrogen (secondary N) is 1. The van der Waals surface area contributed by atoms with Crippen LogP contribution in [0.2, 0.25) is 0 Å². The molecule has 1 nitrogen and oxygen atoms in total. The largest absolute Gasteiger partial charge is 0.310 e. The Balaban J connectivity index is 1.76. The zero-order valence-electron chi connectivity index (χ0n) is 12.4. The molecule has 0 heterocycles. The van der Waals surface area contributed by atoms with Gasteiger partial charge in [-0.25, -0.2) is 0 Å². The highest BCUT2D eigenvalue weighted by atomic mass is 14.9. The molecule has 2 rings (SSSR count). The molecule has 19 heavy (non-hydrogen) atoms. The van der Waals surface area contributed by atoms with Gasteiger partial charge in [-0.05, 0) is 63.1 Å². The van der Waals surface area contributed by atoms with Crippen molar-refractivity contribution in [2.24, 2.45) is 0 Å². The molecular weight excluding hydrogens is 230 g/mol. The van der Waals surface area contributed by atoms with Gasteiger partial charge < -0.3 is 5.32 Å². The van der Waals surface area contributed by atoms with Crippen molar-refractivity contribution < 1.29 is 0 Å². The third kappa shape index (κ3) is 4.50. The first-order valence-electron chi connectivity index (χ1n) is 7.79. The summed E-state index contributed by atoms with van der Waals surface area (Å²) in [7, 11) is 0. The van der Waals surface area contributed by atoms with Crippen LogP contribution in [-0.2, 0) is 6.42 Å². The molecule has 0 bridgehead atoms. The van der Waals surface area contributed by atoms with Gasteiger partial charge >= 0.3 is 0 Å². The molecule has 1 unspecified atom stereocenters. The first-order chi connectivity index (χ1) is 9.29. The maximum absolute atomic E-state index is 3.64. The summed E-state index contributed by atoms with van der Waals surface area (Å²) < 4.78 is 0. The molecule has 1 aromatic carbocycles. The molecule has 0 aliphatic heterocycles. The minimum absolute atomic E-state index is 0.454. The second kappa shape index (κ2) is 7.49. The maximum atomic E-state index is 3.64. The quantitative estimate of drug-likeness (QED) is 0.722. The van der Waals surface area contributed by atoms with E-state index in [1.165, 1.54) is 43.2 Å². The van der Waals surface area contributed by atoms with E-state index in [-0.39, 0.29) is 0 Å². The normalized spacial score (nSPS) is 17.1. The van der Waals surface area contributed by atoms with Crippen molar-refractivity contribution in [1.82, 2.24) is 5.32 Å². The van der Waals surface area contributed by atoms with E-state index >= 15 is 0 Å². The molecule has 1 aliphatic carbocycles. The highest BCUT2D eigenvalue weighted by molar-refractivity contribution is 5.24. The van der Waals surface area contributed by atoms with Gasteiger partial charge in [-0.15, -0.1) is 0 Å². The van der Waals surface area contributed by atoms with E-state index in [0.717, 1.165) is 13.0 Å². The average Bonchev–Trinajstić information content (AvgIpc) is 2.48. The first-order valence-corrected chi connectivity index (χ1v) is 7.79. The molecule has 0 amide bonds. The van der Waals surface area contributed by atoms with Crippen LogP contribution in [0.4, 0.5) is 0 Å². The molecule has 0 saturated carbocycles. The second-order valence-electron chi connectivity index (χ2n) is 5.63. The minimum atomic E-state index is 0.454. The standard InChI is InChI=1S/C18H27N/c1-3-16-9-11-18(12-10-16)15(2)19-14-13-17-7-5-4-6-8-17/h7,9-12,15,19H,3-6,8,13-14H2,1-2H3. The molecule has 0 fully saturated rings. The fourth-order valence-corrected chi connectivity index (χ4v) is 2.74. The van der Waals surface area contributed by atoms with Gasteiger partial charge in [0.05, 0.1) is 0 Å². The number of benzene rings is 1. The minimum Gasteiger partial charge on any atom is -0.310 e. The Hall–Kier alpha value is -1.08.